The van der Waals surface area contributed by atoms with E-state index < -0.39 is 0 Å². The number of carbonyl (C=O) groups excluding carboxylic acids is 1. The van der Waals surface area contributed by atoms with Crippen molar-refractivity contribution >= 4 is 5.91 Å². The lowest BCUT2D eigenvalue weighted by molar-refractivity contribution is -0.132. The third kappa shape index (κ3) is 3.52. The maximum Gasteiger partial charge on any atom is 0.223 e. The fraction of sp³-hybridized carbons (Fsp3) is 0.750. The van der Waals surface area contributed by atoms with E-state index >= 15 is 0 Å². The summed E-state index contributed by atoms with van der Waals surface area (Å²) in [5, 5.41) is 0. The first-order chi connectivity index (χ1) is 6.38. The second kappa shape index (κ2) is 4.16. The number of carbonyl (C=O) groups is 1. The lowest BCUT2D eigenvalue weighted by atomic mass is 9.91. The molecular formula is C12H21NO. The Balaban J connectivity index is 2.47. The Hall–Kier alpha value is -0.790. The molecule has 0 N–H and O–H groups in total. The van der Waals surface area contributed by atoms with Crippen LogP contribution in [0, 0.1) is 5.41 Å². The van der Waals surface area contributed by atoms with Gasteiger partial charge in [-0.25, -0.2) is 0 Å². The van der Waals surface area contributed by atoms with Crippen molar-refractivity contribution in [1.82, 2.24) is 4.90 Å². The highest BCUT2D eigenvalue weighted by Crippen LogP contribution is 2.21. The second-order valence-corrected chi connectivity index (χ2v) is 5.38. The van der Waals surface area contributed by atoms with Crippen LogP contribution >= 0.6 is 0 Å². The Morgan fingerprint density at radius 2 is 2.14 bits per heavy atom. The highest BCUT2D eigenvalue weighted by atomic mass is 16.2. The van der Waals surface area contributed by atoms with Crippen LogP contribution in [-0.2, 0) is 4.79 Å². The molecule has 2 heteroatoms. The van der Waals surface area contributed by atoms with Crippen LogP contribution < -0.4 is 0 Å². The van der Waals surface area contributed by atoms with Crippen LogP contribution in [0.3, 0.4) is 0 Å². The van der Waals surface area contributed by atoms with Gasteiger partial charge in [-0.3, -0.25) is 4.79 Å². The van der Waals surface area contributed by atoms with E-state index in [-0.39, 0.29) is 5.41 Å². The zero-order valence-electron chi connectivity index (χ0n) is 9.76. The maximum absolute atomic E-state index is 11.8. The molecular weight excluding hydrogens is 174 g/mol. The van der Waals surface area contributed by atoms with Crippen molar-refractivity contribution in [3.8, 4) is 0 Å². The summed E-state index contributed by atoms with van der Waals surface area (Å²) >= 11 is 0. The first kappa shape index (κ1) is 11.3. The monoisotopic (exact) mass is 195 g/mol. The van der Waals surface area contributed by atoms with Gasteiger partial charge in [0.2, 0.25) is 5.91 Å². The quantitative estimate of drug-likeness (QED) is 0.589. The summed E-state index contributed by atoms with van der Waals surface area (Å²) in [7, 11) is 0. The van der Waals surface area contributed by atoms with Gasteiger partial charge in [0.25, 0.3) is 0 Å². The average Bonchev–Trinajstić information content (AvgIpc) is 2.02. The summed E-state index contributed by atoms with van der Waals surface area (Å²) in [6.07, 6.45) is 3.85. The van der Waals surface area contributed by atoms with Crippen molar-refractivity contribution in [2.75, 3.05) is 13.1 Å². The number of nitrogens with zero attached hydrogens (tertiary/aromatic N) is 1. The van der Waals surface area contributed by atoms with Crippen LogP contribution in [0.4, 0.5) is 0 Å². The Morgan fingerprint density at radius 3 is 2.57 bits per heavy atom. The lowest BCUT2D eigenvalue weighted by Gasteiger charge is -2.28. The molecule has 0 spiro atoms. The summed E-state index contributed by atoms with van der Waals surface area (Å²) in [5.41, 5.74) is 1.51. The van der Waals surface area contributed by atoms with Gasteiger partial charge in [-0.15, -0.1) is 0 Å². The highest BCUT2D eigenvalue weighted by Gasteiger charge is 2.21. The van der Waals surface area contributed by atoms with E-state index in [1.165, 1.54) is 5.57 Å². The smallest absolute Gasteiger partial charge is 0.223 e. The molecule has 0 aliphatic carbocycles. The fourth-order valence-corrected chi connectivity index (χ4v) is 1.56. The van der Waals surface area contributed by atoms with Crippen molar-refractivity contribution < 1.29 is 4.79 Å². The van der Waals surface area contributed by atoms with Crippen molar-refractivity contribution in [2.24, 2.45) is 5.41 Å². The van der Waals surface area contributed by atoms with Crippen LogP contribution in [0.15, 0.2) is 11.6 Å². The van der Waals surface area contributed by atoms with E-state index in [1.807, 2.05) is 4.90 Å². The topological polar surface area (TPSA) is 20.3 Å². The zero-order valence-corrected chi connectivity index (χ0v) is 9.76. The van der Waals surface area contributed by atoms with Gasteiger partial charge in [-0.05, 0) is 18.8 Å². The fourth-order valence-electron chi connectivity index (χ4n) is 1.56. The van der Waals surface area contributed by atoms with E-state index in [2.05, 4.69) is 33.8 Å². The minimum atomic E-state index is 0.104. The van der Waals surface area contributed by atoms with E-state index in [0.717, 1.165) is 19.5 Å². The molecule has 2 nitrogen and oxygen atoms in total. The van der Waals surface area contributed by atoms with Crippen LogP contribution in [0.2, 0.25) is 0 Å². The molecule has 1 heterocycles. The Morgan fingerprint density at radius 1 is 1.50 bits per heavy atom. The Labute approximate surface area is 87.0 Å². The standard InChI is InChI=1S/C12H21NO/c1-10-5-7-13(8-6-10)11(14)9-12(2,3)4/h5H,6-9H2,1-4H3. The van der Waals surface area contributed by atoms with Crippen molar-refractivity contribution in [1.29, 1.82) is 0 Å². The van der Waals surface area contributed by atoms with Gasteiger partial charge in [0.15, 0.2) is 0 Å². The molecule has 14 heavy (non-hydrogen) atoms. The second-order valence-electron chi connectivity index (χ2n) is 5.38. The van der Waals surface area contributed by atoms with Gasteiger partial charge < -0.3 is 4.90 Å². The molecule has 1 aliphatic heterocycles. The predicted octanol–water partition coefficient (Wildman–Crippen LogP) is 2.60. The molecule has 0 aromatic rings. The van der Waals surface area contributed by atoms with Gasteiger partial charge in [0, 0.05) is 19.5 Å². The average molecular weight is 195 g/mol. The van der Waals surface area contributed by atoms with E-state index in [9.17, 15) is 4.79 Å². The van der Waals surface area contributed by atoms with E-state index in [4.69, 9.17) is 0 Å². The summed E-state index contributed by atoms with van der Waals surface area (Å²) in [6.45, 7) is 10.2. The van der Waals surface area contributed by atoms with E-state index in [0.29, 0.717) is 12.3 Å². The van der Waals surface area contributed by atoms with Crippen LogP contribution in [0.25, 0.3) is 0 Å². The van der Waals surface area contributed by atoms with Gasteiger partial charge in [0.05, 0.1) is 0 Å². The van der Waals surface area contributed by atoms with Gasteiger partial charge in [-0.2, -0.15) is 0 Å². The molecule has 0 saturated heterocycles. The number of hydrogen-bond acceptors (Lipinski definition) is 1. The lowest BCUT2D eigenvalue weighted by Crippen LogP contribution is -2.36. The van der Waals surface area contributed by atoms with Crippen LogP contribution in [0.1, 0.15) is 40.5 Å². The Bertz CT molecular complexity index is 248. The molecule has 1 amide bonds. The molecule has 0 aromatic heterocycles. The third-order valence-electron chi connectivity index (χ3n) is 2.47. The molecule has 80 valence electrons. The molecule has 0 radical (unpaired) electrons. The minimum Gasteiger partial charge on any atom is -0.339 e. The maximum atomic E-state index is 11.8. The van der Waals surface area contributed by atoms with Gasteiger partial charge >= 0.3 is 0 Å². The molecule has 0 bridgehead atoms. The van der Waals surface area contributed by atoms with Gasteiger partial charge in [0.1, 0.15) is 0 Å². The van der Waals surface area contributed by atoms with Crippen molar-refractivity contribution in [3.63, 3.8) is 0 Å². The summed E-state index contributed by atoms with van der Waals surface area (Å²) in [5.74, 6) is 0.293. The van der Waals surface area contributed by atoms with Crippen molar-refractivity contribution in [2.45, 2.75) is 40.5 Å². The molecule has 0 unspecified atom stereocenters. The zero-order chi connectivity index (χ0) is 10.8. The van der Waals surface area contributed by atoms with Crippen LogP contribution in [-0.4, -0.2) is 23.9 Å². The first-order valence-corrected chi connectivity index (χ1v) is 5.32. The summed E-state index contributed by atoms with van der Waals surface area (Å²) in [6, 6.07) is 0. The molecule has 1 rings (SSSR count). The SMILES string of the molecule is CC1=CCN(C(=O)CC(C)(C)C)CC1. The van der Waals surface area contributed by atoms with Crippen LogP contribution in [0.5, 0.6) is 0 Å². The Kier molecular flexibility index (Phi) is 3.35. The van der Waals surface area contributed by atoms with Crippen molar-refractivity contribution in [3.05, 3.63) is 11.6 Å². The largest absolute Gasteiger partial charge is 0.339 e. The highest BCUT2D eigenvalue weighted by molar-refractivity contribution is 5.77. The normalized spacial score (nSPS) is 18.0. The molecule has 0 fully saturated rings. The number of rotatable bonds is 1. The number of hydrogen-bond donors (Lipinski definition) is 0. The minimum absolute atomic E-state index is 0.104. The number of amides is 1. The van der Waals surface area contributed by atoms with E-state index in [1.54, 1.807) is 0 Å². The first-order valence-electron chi connectivity index (χ1n) is 5.32. The summed E-state index contributed by atoms with van der Waals surface area (Å²) in [4.78, 5) is 13.8. The molecule has 1 aliphatic rings. The van der Waals surface area contributed by atoms with Gasteiger partial charge in [-0.1, -0.05) is 32.4 Å². The summed E-state index contributed by atoms with van der Waals surface area (Å²) < 4.78 is 0. The predicted molar refractivity (Wildman–Crippen MR) is 59.0 cm³/mol. The third-order valence-corrected chi connectivity index (χ3v) is 2.47. The molecule has 0 saturated carbocycles. The molecule has 0 atom stereocenters. The molecule has 0 aromatic carbocycles.